The van der Waals surface area contributed by atoms with Crippen LogP contribution in [-0.2, 0) is 6.42 Å². The Labute approximate surface area is 116 Å². The second kappa shape index (κ2) is 5.94. The Morgan fingerprint density at radius 3 is 2.72 bits per heavy atom. The molecule has 1 aromatic carbocycles. The monoisotopic (exact) mass is 281 g/mol. The van der Waals surface area contributed by atoms with Gasteiger partial charge in [-0.1, -0.05) is 35.3 Å². The van der Waals surface area contributed by atoms with Gasteiger partial charge in [0.25, 0.3) is 0 Å². The van der Waals surface area contributed by atoms with Crippen molar-refractivity contribution >= 4 is 34.8 Å². The summed E-state index contributed by atoms with van der Waals surface area (Å²) in [6, 6.07) is 11.0. The molecule has 3 N–H and O–H groups in total. The zero-order valence-corrected chi connectivity index (χ0v) is 11.2. The topological polar surface area (TPSA) is 50.9 Å². The number of hydrogen-bond donors (Lipinski definition) is 2. The average molecular weight is 282 g/mol. The van der Waals surface area contributed by atoms with E-state index < -0.39 is 0 Å². The zero-order chi connectivity index (χ0) is 13.0. The quantitative estimate of drug-likeness (QED) is 0.900. The summed E-state index contributed by atoms with van der Waals surface area (Å²) in [5, 5.41) is 4.53. The van der Waals surface area contributed by atoms with Gasteiger partial charge in [0.1, 0.15) is 11.6 Å². The normalized spacial score (nSPS) is 10.3. The fraction of sp³-hybridized carbons (Fsp3) is 0.154. The SMILES string of the molecule is Nc1cccc(NCCc2ccc(Cl)cc2Cl)n1. The predicted molar refractivity (Wildman–Crippen MR) is 77.3 cm³/mol. The van der Waals surface area contributed by atoms with Crippen LogP contribution in [-0.4, -0.2) is 11.5 Å². The maximum atomic E-state index is 6.09. The van der Waals surface area contributed by atoms with Gasteiger partial charge in [0, 0.05) is 16.6 Å². The van der Waals surface area contributed by atoms with Crippen LogP contribution < -0.4 is 11.1 Å². The minimum Gasteiger partial charge on any atom is -0.384 e. The molecule has 0 aliphatic rings. The Balaban J connectivity index is 1.92. The number of anilines is 2. The van der Waals surface area contributed by atoms with Crippen LogP contribution in [0.3, 0.4) is 0 Å². The molecule has 0 saturated heterocycles. The molecule has 0 fully saturated rings. The fourth-order valence-electron chi connectivity index (χ4n) is 1.60. The second-order valence-corrected chi connectivity index (χ2v) is 4.70. The van der Waals surface area contributed by atoms with Crippen molar-refractivity contribution in [2.75, 3.05) is 17.6 Å². The molecule has 94 valence electrons. The Hall–Kier alpha value is -1.45. The van der Waals surface area contributed by atoms with Gasteiger partial charge >= 0.3 is 0 Å². The number of nitrogens with two attached hydrogens (primary N) is 1. The summed E-state index contributed by atoms with van der Waals surface area (Å²) in [5.41, 5.74) is 6.65. The van der Waals surface area contributed by atoms with Gasteiger partial charge in [-0.15, -0.1) is 0 Å². The van der Waals surface area contributed by atoms with Crippen molar-refractivity contribution in [3.8, 4) is 0 Å². The van der Waals surface area contributed by atoms with E-state index in [2.05, 4.69) is 10.3 Å². The third-order valence-electron chi connectivity index (χ3n) is 2.49. The Kier molecular flexibility index (Phi) is 4.28. The van der Waals surface area contributed by atoms with Gasteiger partial charge in [-0.25, -0.2) is 4.98 Å². The summed E-state index contributed by atoms with van der Waals surface area (Å²) in [4.78, 5) is 4.15. The standard InChI is InChI=1S/C13H13Cl2N3/c14-10-5-4-9(11(15)8-10)6-7-17-13-3-1-2-12(16)18-13/h1-5,8H,6-7H2,(H3,16,17,18). The van der Waals surface area contributed by atoms with E-state index in [1.54, 1.807) is 12.1 Å². The van der Waals surface area contributed by atoms with Gasteiger partial charge in [-0.05, 0) is 36.2 Å². The molecule has 0 unspecified atom stereocenters. The minimum atomic E-state index is 0.504. The number of hydrogen-bond acceptors (Lipinski definition) is 3. The van der Waals surface area contributed by atoms with Crippen LogP contribution in [0, 0.1) is 0 Å². The highest BCUT2D eigenvalue weighted by molar-refractivity contribution is 6.35. The largest absolute Gasteiger partial charge is 0.384 e. The van der Waals surface area contributed by atoms with E-state index >= 15 is 0 Å². The van der Waals surface area contributed by atoms with E-state index in [-0.39, 0.29) is 0 Å². The first kappa shape index (κ1) is 13.0. The number of pyridine rings is 1. The van der Waals surface area contributed by atoms with E-state index in [0.717, 1.165) is 24.3 Å². The molecule has 18 heavy (non-hydrogen) atoms. The Bertz CT molecular complexity index is 544. The summed E-state index contributed by atoms with van der Waals surface area (Å²) < 4.78 is 0. The highest BCUT2D eigenvalue weighted by Crippen LogP contribution is 2.21. The molecule has 0 amide bonds. The lowest BCUT2D eigenvalue weighted by molar-refractivity contribution is 1.01. The lowest BCUT2D eigenvalue weighted by Gasteiger charge is -2.07. The van der Waals surface area contributed by atoms with Crippen molar-refractivity contribution in [3.05, 3.63) is 52.0 Å². The Morgan fingerprint density at radius 2 is 2.00 bits per heavy atom. The van der Waals surface area contributed by atoms with Crippen LogP contribution >= 0.6 is 23.2 Å². The summed E-state index contributed by atoms with van der Waals surface area (Å²) in [7, 11) is 0. The second-order valence-electron chi connectivity index (χ2n) is 3.86. The van der Waals surface area contributed by atoms with Crippen molar-refractivity contribution in [1.82, 2.24) is 4.98 Å². The third-order valence-corrected chi connectivity index (χ3v) is 3.07. The number of rotatable bonds is 4. The number of benzene rings is 1. The maximum Gasteiger partial charge on any atom is 0.128 e. The van der Waals surface area contributed by atoms with Crippen LogP contribution in [0.1, 0.15) is 5.56 Å². The number of nitrogens with zero attached hydrogens (tertiary/aromatic N) is 1. The molecule has 0 radical (unpaired) electrons. The molecule has 0 aliphatic heterocycles. The van der Waals surface area contributed by atoms with Gasteiger partial charge in [0.2, 0.25) is 0 Å². The molecule has 1 heterocycles. The molecular formula is C13H13Cl2N3. The third kappa shape index (κ3) is 3.52. The molecule has 1 aromatic heterocycles. The Morgan fingerprint density at radius 1 is 1.17 bits per heavy atom. The van der Waals surface area contributed by atoms with Gasteiger partial charge < -0.3 is 11.1 Å². The van der Waals surface area contributed by atoms with Crippen LogP contribution in [0.25, 0.3) is 0 Å². The maximum absolute atomic E-state index is 6.09. The lowest BCUT2D eigenvalue weighted by atomic mass is 10.1. The number of nitrogens with one attached hydrogen (secondary N) is 1. The van der Waals surface area contributed by atoms with Crippen LogP contribution in [0.4, 0.5) is 11.6 Å². The molecule has 5 heteroatoms. The summed E-state index contributed by atoms with van der Waals surface area (Å²) in [6.45, 7) is 0.734. The van der Waals surface area contributed by atoms with E-state index in [4.69, 9.17) is 28.9 Å². The average Bonchev–Trinajstić information content (AvgIpc) is 2.32. The van der Waals surface area contributed by atoms with E-state index in [1.165, 1.54) is 0 Å². The predicted octanol–water partition coefficient (Wildman–Crippen LogP) is 3.63. The molecule has 0 atom stereocenters. The molecule has 0 aliphatic carbocycles. The highest BCUT2D eigenvalue weighted by atomic mass is 35.5. The number of nitrogen functional groups attached to an aromatic ring is 1. The van der Waals surface area contributed by atoms with Crippen molar-refractivity contribution in [2.24, 2.45) is 0 Å². The van der Waals surface area contributed by atoms with Gasteiger partial charge in [-0.2, -0.15) is 0 Å². The summed E-state index contributed by atoms with van der Waals surface area (Å²) in [5.74, 6) is 1.27. The number of halogens is 2. The zero-order valence-electron chi connectivity index (χ0n) is 9.66. The highest BCUT2D eigenvalue weighted by Gasteiger charge is 2.01. The molecule has 0 spiro atoms. The van der Waals surface area contributed by atoms with E-state index in [1.807, 2.05) is 24.3 Å². The van der Waals surface area contributed by atoms with Crippen LogP contribution in [0.2, 0.25) is 10.0 Å². The molecule has 3 nitrogen and oxygen atoms in total. The van der Waals surface area contributed by atoms with Crippen LogP contribution in [0.15, 0.2) is 36.4 Å². The molecule has 2 rings (SSSR count). The van der Waals surface area contributed by atoms with Gasteiger partial charge in [0.15, 0.2) is 0 Å². The molecule has 2 aromatic rings. The first-order chi connectivity index (χ1) is 8.65. The molecular weight excluding hydrogens is 269 g/mol. The summed E-state index contributed by atoms with van der Waals surface area (Å²) >= 11 is 11.9. The van der Waals surface area contributed by atoms with Crippen molar-refractivity contribution in [1.29, 1.82) is 0 Å². The van der Waals surface area contributed by atoms with Crippen molar-refractivity contribution < 1.29 is 0 Å². The molecule has 0 saturated carbocycles. The van der Waals surface area contributed by atoms with Crippen molar-refractivity contribution in [3.63, 3.8) is 0 Å². The smallest absolute Gasteiger partial charge is 0.128 e. The molecule has 0 bridgehead atoms. The van der Waals surface area contributed by atoms with E-state index in [0.29, 0.717) is 15.9 Å². The minimum absolute atomic E-state index is 0.504. The number of aromatic nitrogens is 1. The van der Waals surface area contributed by atoms with Crippen molar-refractivity contribution in [2.45, 2.75) is 6.42 Å². The summed E-state index contributed by atoms with van der Waals surface area (Å²) in [6.07, 6.45) is 0.798. The fourth-order valence-corrected chi connectivity index (χ4v) is 2.10. The first-order valence-corrected chi connectivity index (χ1v) is 6.31. The van der Waals surface area contributed by atoms with E-state index in [9.17, 15) is 0 Å². The van der Waals surface area contributed by atoms with Gasteiger partial charge in [-0.3, -0.25) is 0 Å². The lowest BCUT2D eigenvalue weighted by Crippen LogP contribution is -2.07. The van der Waals surface area contributed by atoms with Crippen LogP contribution in [0.5, 0.6) is 0 Å². The van der Waals surface area contributed by atoms with Gasteiger partial charge in [0.05, 0.1) is 0 Å². The first-order valence-electron chi connectivity index (χ1n) is 5.55.